The lowest BCUT2D eigenvalue weighted by molar-refractivity contribution is -0.165. The zero-order valence-electron chi connectivity index (χ0n) is 14.5. The van der Waals surface area contributed by atoms with E-state index in [4.69, 9.17) is 9.05 Å². The topological polar surface area (TPSA) is 142 Å². The van der Waals surface area contributed by atoms with Crippen molar-refractivity contribution in [1.82, 2.24) is 0 Å². The number of carbonyl (C=O) groups excluding carboxylic acids is 2. The Morgan fingerprint density at radius 2 is 1.00 bits per heavy atom. The number of hydrogen-bond donors (Lipinski definition) is 0. The highest BCUT2D eigenvalue weighted by molar-refractivity contribution is 7.48. The first-order valence-electron chi connectivity index (χ1n) is 6.58. The molecule has 0 heterocycles. The van der Waals surface area contributed by atoms with Gasteiger partial charge in [0.05, 0.1) is 12.5 Å². The molecule has 0 aromatic carbocycles. The summed E-state index contributed by atoms with van der Waals surface area (Å²) < 4.78 is 61.4. The van der Waals surface area contributed by atoms with E-state index < -0.39 is 39.8 Å². The zero-order chi connectivity index (χ0) is 20.4. The first-order valence-corrected chi connectivity index (χ1v) is 9.50. The fraction of sp³-hybridized carbons (Fsp3) is 0.500. The van der Waals surface area contributed by atoms with Crippen molar-refractivity contribution in [3.63, 3.8) is 0 Å². The molecule has 26 heavy (non-hydrogen) atoms. The normalized spacial score (nSPS) is 14.2. The van der Waals surface area contributed by atoms with Gasteiger partial charge in [0.25, 0.3) is 0 Å². The summed E-state index contributed by atoms with van der Waals surface area (Å²) in [6.45, 7) is 6.32. The van der Waals surface area contributed by atoms with E-state index in [9.17, 15) is 18.7 Å². The average Bonchev–Trinajstić information content (AvgIpc) is 2.64. The van der Waals surface area contributed by atoms with E-state index in [1.54, 1.807) is 0 Å². The third-order valence-electron chi connectivity index (χ3n) is 2.52. The summed E-state index contributed by atoms with van der Waals surface area (Å²) >= 11 is 0. The molecular formula is C12H20O12P2. The van der Waals surface area contributed by atoms with E-state index in [2.05, 4.69) is 40.7 Å². The van der Waals surface area contributed by atoms with Gasteiger partial charge in [-0.05, 0) is 0 Å². The van der Waals surface area contributed by atoms with E-state index in [0.29, 0.717) is 12.5 Å². The van der Waals surface area contributed by atoms with Gasteiger partial charge in [0.15, 0.2) is 0 Å². The molecule has 0 rings (SSSR count). The molecule has 0 saturated heterocycles. The molecule has 14 heteroatoms. The molecule has 0 amide bonds. The second-order valence-corrected chi connectivity index (χ2v) is 7.55. The lowest BCUT2D eigenvalue weighted by Crippen LogP contribution is -2.44. The Morgan fingerprint density at radius 3 is 1.19 bits per heavy atom. The summed E-state index contributed by atoms with van der Waals surface area (Å²) in [5, 5.41) is 0. The van der Waals surface area contributed by atoms with Crippen LogP contribution in [0.25, 0.3) is 0 Å². The van der Waals surface area contributed by atoms with Crippen LogP contribution in [0.1, 0.15) is 0 Å². The molecule has 0 fully saturated rings. The van der Waals surface area contributed by atoms with Crippen LogP contribution < -0.4 is 0 Å². The summed E-state index contributed by atoms with van der Waals surface area (Å²) in [7, 11) is -4.85. The maximum atomic E-state index is 12.2. The summed E-state index contributed by atoms with van der Waals surface area (Å²) in [4.78, 5) is 24.3. The van der Waals surface area contributed by atoms with Crippen LogP contribution in [-0.2, 0) is 55.3 Å². The fourth-order valence-corrected chi connectivity index (χ4v) is 2.93. The maximum absolute atomic E-state index is 12.2. The van der Waals surface area contributed by atoms with Gasteiger partial charge in [0.2, 0.25) is 12.2 Å². The number of phosphoric ester groups is 2. The molecule has 12 nitrogen and oxygen atoms in total. The first kappa shape index (κ1) is 24.6. The first-order chi connectivity index (χ1) is 12.2. The number of hydrogen-bond acceptors (Lipinski definition) is 12. The van der Waals surface area contributed by atoms with Gasteiger partial charge >= 0.3 is 27.6 Å². The Kier molecular flexibility index (Phi) is 10.8. The minimum atomic E-state index is -4.33. The number of carbonyl (C=O) groups is 2. The average molecular weight is 418 g/mol. The largest absolute Gasteiger partial charge is 0.475 e. The van der Waals surface area contributed by atoms with E-state index in [0.717, 1.165) is 28.4 Å². The van der Waals surface area contributed by atoms with Gasteiger partial charge in [0, 0.05) is 28.4 Å². The summed E-state index contributed by atoms with van der Waals surface area (Å²) in [5.41, 5.74) is 0. The van der Waals surface area contributed by atoms with Crippen LogP contribution in [0.15, 0.2) is 25.7 Å². The predicted molar refractivity (Wildman–Crippen MR) is 85.6 cm³/mol. The lowest BCUT2D eigenvalue weighted by Gasteiger charge is -2.27. The van der Waals surface area contributed by atoms with Crippen LogP contribution in [0.5, 0.6) is 0 Å². The second-order valence-electron chi connectivity index (χ2n) is 3.88. The molecule has 0 N–H and O–H groups in total. The Labute approximate surface area is 150 Å². The maximum Gasteiger partial charge on any atom is 0.475 e. The number of ether oxygens (including phenoxy) is 2. The number of esters is 2. The highest BCUT2D eigenvalue weighted by Crippen LogP contribution is 2.53. The predicted octanol–water partition coefficient (Wildman–Crippen LogP) is 1.93. The highest BCUT2D eigenvalue weighted by atomic mass is 31.2. The van der Waals surface area contributed by atoms with Gasteiger partial charge in [-0.25, -0.2) is 18.7 Å². The van der Waals surface area contributed by atoms with Crippen molar-refractivity contribution in [2.45, 2.75) is 12.2 Å². The second kappa shape index (κ2) is 11.4. The molecule has 0 aliphatic heterocycles. The fourth-order valence-electron chi connectivity index (χ4n) is 1.34. The molecular weight excluding hydrogens is 398 g/mol. The van der Waals surface area contributed by atoms with Crippen LogP contribution in [0.4, 0.5) is 0 Å². The molecule has 0 aromatic heterocycles. The van der Waals surface area contributed by atoms with Crippen molar-refractivity contribution in [3.8, 4) is 0 Å². The molecule has 2 atom stereocenters. The van der Waals surface area contributed by atoms with Crippen molar-refractivity contribution < 1.29 is 55.3 Å². The van der Waals surface area contributed by atoms with Crippen molar-refractivity contribution in [2.24, 2.45) is 0 Å². The van der Waals surface area contributed by atoms with Crippen LogP contribution in [0.2, 0.25) is 0 Å². The van der Waals surface area contributed by atoms with Gasteiger partial charge in [-0.3, -0.25) is 27.1 Å². The Balaban J connectivity index is 6.05. The molecule has 0 aliphatic rings. The molecule has 0 saturated carbocycles. The van der Waals surface area contributed by atoms with Gasteiger partial charge in [0.1, 0.15) is 0 Å². The van der Waals surface area contributed by atoms with E-state index in [1.807, 2.05) is 0 Å². The summed E-state index contributed by atoms with van der Waals surface area (Å²) in [6, 6.07) is 0. The quantitative estimate of drug-likeness (QED) is 0.245. The summed E-state index contributed by atoms with van der Waals surface area (Å²) in [6.07, 6.45) is -2.87. The SMILES string of the molecule is C=COC(=O)C(OP(=O)(OC)OC)C(OP(=O)(OC)OC)C(=O)OC=C. The van der Waals surface area contributed by atoms with E-state index in [1.165, 1.54) is 0 Å². The highest BCUT2D eigenvalue weighted by Gasteiger charge is 2.47. The van der Waals surface area contributed by atoms with Crippen molar-refractivity contribution >= 4 is 27.6 Å². The minimum Gasteiger partial charge on any atom is -0.433 e. The molecule has 0 aromatic rings. The number of phosphoric acid groups is 2. The van der Waals surface area contributed by atoms with Crippen LogP contribution in [-0.4, -0.2) is 52.6 Å². The van der Waals surface area contributed by atoms with Crippen LogP contribution in [0.3, 0.4) is 0 Å². The van der Waals surface area contributed by atoms with Gasteiger partial charge in [-0.15, -0.1) is 0 Å². The molecule has 0 radical (unpaired) electrons. The van der Waals surface area contributed by atoms with Crippen LogP contribution >= 0.6 is 15.6 Å². The minimum absolute atomic E-state index is 0.700. The monoisotopic (exact) mass is 418 g/mol. The lowest BCUT2D eigenvalue weighted by atomic mass is 10.2. The van der Waals surface area contributed by atoms with Gasteiger partial charge < -0.3 is 9.47 Å². The van der Waals surface area contributed by atoms with Crippen molar-refractivity contribution in [3.05, 3.63) is 25.7 Å². The van der Waals surface area contributed by atoms with E-state index in [-0.39, 0.29) is 0 Å². The van der Waals surface area contributed by atoms with Crippen molar-refractivity contribution in [2.75, 3.05) is 28.4 Å². The zero-order valence-corrected chi connectivity index (χ0v) is 16.3. The molecule has 150 valence electrons. The molecule has 0 spiro atoms. The van der Waals surface area contributed by atoms with Crippen LogP contribution in [0, 0.1) is 0 Å². The van der Waals surface area contributed by atoms with Crippen molar-refractivity contribution in [1.29, 1.82) is 0 Å². The number of rotatable bonds is 13. The molecule has 0 bridgehead atoms. The smallest absolute Gasteiger partial charge is 0.433 e. The Hall–Kier alpha value is -1.36. The Bertz CT molecular complexity index is 535. The molecule has 2 unspecified atom stereocenters. The van der Waals surface area contributed by atoms with E-state index >= 15 is 0 Å². The van der Waals surface area contributed by atoms with Gasteiger partial charge in [-0.1, -0.05) is 13.2 Å². The standard InChI is InChI=1S/C12H20O12P2/c1-7-21-11(13)9(23-25(15,17-3)18-4)10(12(14)22-8-2)24-26(16,19-5)20-6/h7-10H,1-2H2,3-6H3. The third-order valence-corrected chi connectivity index (χ3v) is 5.28. The van der Waals surface area contributed by atoms with Gasteiger partial charge in [-0.2, -0.15) is 0 Å². The third kappa shape index (κ3) is 7.10. The Morgan fingerprint density at radius 1 is 0.731 bits per heavy atom. The molecule has 0 aliphatic carbocycles. The summed E-state index contributed by atoms with van der Waals surface area (Å²) in [5.74, 6) is -2.64.